The van der Waals surface area contributed by atoms with E-state index < -0.39 is 24.3 Å². The maximum atomic E-state index is 13.1. The van der Waals surface area contributed by atoms with E-state index in [0.717, 1.165) is 18.6 Å². The number of ether oxygens (including phenoxy) is 2. The highest BCUT2D eigenvalue weighted by atomic mass is 19.4. The van der Waals surface area contributed by atoms with Crippen LogP contribution in [0.4, 0.5) is 13.2 Å². The normalized spacial score (nSPS) is 11.5. The lowest BCUT2D eigenvalue weighted by molar-refractivity contribution is -0.139. The number of carboxylic acid groups (broad SMARTS) is 1. The molecule has 2 aromatic carbocycles. The smallest absolute Gasteiger partial charge is 0.416 e. The van der Waals surface area contributed by atoms with E-state index in [4.69, 9.17) is 19.4 Å². The summed E-state index contributed by atoms with van der Waals surface area (Å²) in [5, 5.41) is 9.35. The summed E-state index contributed by atoms with van der Waals surface area (Å²) in [6, 6.07) is 8.16. The Balaban J connectivity index is 1.73. The molecule has 2 aromatic heterocycles. The van der Waals surface area contributed by atoms with Gasteiger partial charge in [0.25, 0.3) is 0 Å². The molecule has 4 rings (SSSR count). The van der Waals surface area contributed by atoms with Gasteiger partial charge < -0.3 is 19.4 Å². The van der Waals surface area contributed by atoms with Gasteiger partial charge in [-0.2, -0.15) is 17.9 Å². The fourth-order valence-electron chi connectivity index (χ4n) is 3.76. The summed E-state index contributed by atoms with van der Waals surface area (Å²) < 4.78 is 52.0. The Bertz CT molecular complexity index is 1430. The van der Waals surface area contributed by atoms with Crippen molar-refractivity contribution in [2.45, 2.75) is 33.4 Å². The molecule has 0 aliphatic rings. The number of alkyl halides is 3. The zero-order chi connectivity index (χ0) is 26.7. The summed E-state index contributed by atoms with van der Waals surface area (Å²) in [7, 11) is 0. The Hall–Kier alpha value is -4.28. The number of rotatable bonds is 9. The predicted molar refractivity (Wildman–Crippen MR) is 129 cm³/mol. The van der Waals surface area contributed by atoms with E-state index in [1.807, 2.05) is 6.92 Å². The van der Waals surface area contributed by atoms with Gasteiger partial charge in [-0.15, -0.1) is 0 Å². The van der Waals surface area contributed by atoms with Gasteiger partial charge in [0, 0.05) is 11.8 Å². The quantitative estimate of drug-likeness (QED) is 0.300. The van der Waals surface area contributed by atoms with Crippen molar-refractivity contribution in [2.75, 3.05) is 13.2 Å². The SMILES string of the molecule is CCCOn1cc(Oc2cccc(C(F)(F)F)c2)c2cnc(-c3cc(C)c(OCC(=O)O)c(C)c3)nc21. The number of hydrogen-bond donors (Lipinski definition) is 1. The van der Waals surface area contributed by atoms with Gasteiger partial charge in [0.05, 0.1) is 17.1 Å². The number of benzene rings is 2. The number of aryl methyl sites for hydroxylation is 2. The van der Waals surface area contributed by atoms with Gasteiger partial charge >= 0.3 is 12.1 Å². The second kappa shape index (κ2) is 10.4. The highest BCUT2D eigenvalue weighted by Crippen LogP contribution is 2.36. The van der Waals surface area contributed by atoms with E-state index in [-0.39, 0.29) is 11.5 Å². The van der Waals surface area contributed by atoms with Gasteiger partial charge in [-0.05, 0) is 61.7 Å². The van der Waals surface area contributed by atoms with Crippen LogP contribution in [0.2, 0.25) is 0 Å². The number of hydrogen-bond acceptors (Lipinski definition) is 6. The van der Waals surface area contributed by atoms with E-state index in [1.54, 1.807) is 26.0 Å². The summed E-state index contributed by atoms with van der Waals surface area (Å²) in [5.41, 5.74) is 1.65. The van der Waals surface area contributed by atoms with Crippen LogP contribution in [-0.2, 0) is 11.0 Å². The Labute approximate surface area is 210 Å². The third kappa shape index (κ3) is 5.76. The molecular weight excluding hydrogens is 491 g/mol. The van der Waals surface area contributed by atoms with Crippen molar-refractivity contribution in [1.82, 2.24) is 14.7 Å². The van der Waals surface area contributed by atoms with Crippen molar-refractivity contribution in [3.63, 3.8) is 0 Å². The fraction of sp³-hybridized carbons (Fsp3) is 0.269. The highest BCUT2D eigenvalue weighted by molar-refractivity contribution is 5.84. The Morgan fingerprint density at radius 2 is 1.86 bits per heavy atom. The van der Waals surface area contributed by atoms with Crippen molar-refractivity contribution in [2.24, 2.45) is 0 Å². The minimum Gasteiger partial charge on any atom is -0.481 e. The minimum atomic E-state index is -4.50. The fourth-order valence-corrected chi connectivity index (χ4v) is 3.76. The van der Waals surface area contributed by atoms with Crippen LogP contribution in [0.25, 0.3) is 22.4 Å². The highest BCUT2D eigenvalue weighted by Gasteiger charge is 2.30. The molecule has 11 heteroatoms. The molecule has 0 amide bonds. The summed E-state index contributed by atoms with van der Waals surface area (Å²) in [4.78, 5) is 25.7. The Kier molecular flexibility index (Phi) is 7.23. The lowest BCUT2D eigenvalue weighted by Crippen LogP contribution is -2.12. The molecule has 0 aliphatic heterocycles. The predicted octanol–water partition coefficient (Wildman–Crippen LogP) is 5.83. The standard InChI is InChI=1S/C26H24F3N3O5/c1-4-8-36-32-13-21(37-19-7-5-6-18(11-19)26(27,28)29)20-12-30-24(31-25(20)32)17-9-15(2)23(16(3)10-17)35-14-22(33)34/h5-7,9-13H,4,8,14H2,1-3H3,(H,33,34). The third-order valence-electron chi connectivity index (χ3n) is 5.36. The largest absolute Gasteiger partial charge is 0.481 e. The summed E-state index contributed by atoms with van der Waals surface area (Å²) >= 11 is 0. The molecule has 0 aliphatic carbocycles. The zero-order valence-corrected chi connectivity index (χ0v) is 20.3. The van der Waals surface area contributed by atoms with Crippen LogP contribution in [0.1, 0.15) is 30.0 Å². The monoisotopic (exact) mass is 515 g/mol. The molecule has 0 bridgehead atoms. The molecule has 0 fully saturated rings. The second-order valence-corrected chi connectivity index (χ2v) is 8.33. The Morgan fingerprint density at radius 3 is 2.51 bits per heavy atom. The molecule has 1 N–H and O–H groups in total. The number of fused-ring (bicyclic) bond motifs is 1. The lowest BCUT2D eigenvalue weighted by Gasteiger charge is -2.12. The van der Waals surface area contributed by atoms with Gasteiger partial charge in [-0.1, -0.05) is 13.0 Å². The number of carboxylic acids is 1. The van der Waals surface area contributed by atoms with Crippen LogP contribution in [0, 0.1) is 13.8 Å². The first-order valence-electron chi connectivity index (χ1n) is 11.4. The van der Waals surface area contributed by atoms with Crippen LogP contribution in [0.3, 0.4) is 0 Å². The lowest BCUT2D eigenvalue weighted by atomic mass is 10.1. The van der Waals surface area contributed by atoms with Crippen molar-refractivity contribution in [3.8, 4) is 28.6 Å². The van der Waals surface area contributed by atoms with Crippen LogP contribution in [0.15, 0.2) is 48.8 Å². The van der Waals surface area contributed by atoms with Gasteiger partial charge in [0.2, 0.25) is 0 Å². The maximum absolute atomic E-state index is 13.1. The first-order chi connectivity index (χ1) is 17.6. The van der Waals surface area contributed by atoms with E-state index in [2.05, 4.69) is 9.97 Å². The molecule has 0 unspecified atom stereocenters. The van der Waals surface area contributed by atoms with E-state index in [1.165, 1.54) is 29.3 Å². The number of aliphatic carboxylic acids is 1. The average Bonchev–Trinajstić information content (AvgIpc) is 3.18. The summed E-state index contributed by atoms with van der Waals surface area (Å²) in [6.07, 6.45) is -0.748. The molecule has 194 valence electrons. The Morgan fingerprint density at radius 1 is 1.14 bits per heavy atom. The number of aromatic nitrogens is 3. The van der Waals surface area contributed by atoms with Crippen LogP contribution in [-0.4, -0.2) is 39.0 Å². The molecule has 0 atom stereocenters. The van der Waals surface area contributed by atoms with Crippen molar-refractivity contribution in [3.05, 3.63) is 65.5 Å². The molecule has 0 spiro atoms. The first-order valence-corrected chi connectivity index (χ1v) is 11.4. The van der Waals surface area contributed by atoms with Crippen molar-refractivity contribution < 1.29 is 37.4 Å². The summed E-state index contributed by atoms with van der Waals surface area (Å²) in [6.45, 7) is 5.44. The molecule has 0 radical (unpaired) electrons. The number of nitrogens with zero attached hydrogens (tertiary/aromatic N) is 3. The topological polar surface area (TPSA) is 95.7 Å². The molecule has 2 heterocycles. The van der Waals surface area contributed by atoms with Crippen LogP contribution < -0.4 is 14.3 Å². The van der Waals surface area contributed by atoms with Crippen molar-refractivity contribution >= 4 is 17.0 Å². The average molecular weight is 515 g/mol. The van der Waals surface area contributed by atoms with Gasteiger partial charge in [-0.3, -0.25) is 0 Å². The first kappa shape index (κ1) is 25.8. The molecule has 8 nitrogen and oxygen atoms in total. The minimum absolute atomic E-state index is 0.0108. The number of carbonyl (C=O) groups is 1. The summed E-state index contributed by atoms with van der Waals surface area (Å²) in [5.74, 6) is 0.0123. The van der Waals surface area contributed by atoms with E-state index in [0.29, 0.717) is 45.9 Å². The van der Waals surface area contributed by atoms with E-state index in [9.17, 15) is 18.0 Å². The maximum Gasteiger partial charge on any atom is 0.416 e. The molecule has 37 heavy (non-hydrogen) atoms. The zero-order valence-electron chi connectivity index (χ0n) is 20.3. The van der Waals surface area contributed by atoms with Gasteiger partial charge in [0.1, 0.15) is 18.1 Å². The van der Waals surface area contributed by atoms with Gasteiger partial charge in [-0.25, -0.2) is 14.8 Å². The van der Waals surface area contributed by atoms with Crippen molar-refractivity contribution in [1.29, 1.82) is 0 Å². The molecular formula is C26H24F3N3O5. The third-order valence-corrected chi connectivity index (χ3v) is 5.36. The van der Waals surface area contributed by atoms with E-state index >= 15 is 0 Å². The van der Waals surface area contributed by atoms with Crippen LogP contribution >= 0.6 is 0 Å². The molecule has 0 saturated carbocycles. The molecule has 0 saturated heterocycles. The second-order valence-electron chi connectivity index (χ2n) is 8.33. The van der Waals surface area contributed by atoms with Gasteiger partial charge in [0.15, 0.2) is 23.8 Å². The van der Waals surface area contributed by atoms with Crippen LogP contribution in [0.5, 0.6) is 17.2 Å². The molecule has 4 aromatic rings. The number of halogens is 3.